The van der Waals surface area contributed by atoms with Gasteiger partial charge in [0.1, 0.15) is 17.2 Å². The van der Waals surface area contributed by atoms with Crippen molar-refractivity contribution in [3.8, 4) is 0 Å². The molecule has 35 heavy (non-hydrogen) atoms. The number of carbonyl (C=O) groups excluding carboxylic acids is 1. The van der Waals surface area contributed by atoms with Gasteiger partial charge in [0.05, 0.1) is 19.3 Å². The number of rotatable bonds is 3. The molecule has 1 saturated heterocycles. The fourth-order valence-electron chi connectivity index (χ4n) is 5.15. The second-order valence-corrected chi connectivity index (χ2v) is 10.2. The highest BCUT2D eigenvalue weighted by atomic mass is 19.1. The van der Waals surface area contributed by atoms with Gasteiger partial charge >= 0.3 is 6.09 Å². The Kier molecular flexibility index (Phi) is 6.15. The summed E-state index contributed by atoms with van der Waals surface area (Å²) in [6.07, 6.45) is 0.108. The maximum Gasteiger partial charge on any atom is 0.414 e. The van der Waals surface area contributed by atoms with Crippen molar-refractivity contribution in [2.75, 3.05) is 32.8 Å². The van der Waals surface area contributed by atoms with Crippen molar-refractivity contribution >= 4 is 6.09 Å². The van der Waals surface area contributed by atoms with Crippen LogP contribution in [0, 0.1) is 11.6 Å². The largest absolute Gasteiger partial charge is 0.443 e. The highest BCUT2D eigenvalue weighted by Gasteiger charge is 2.51. The van der Waals surface area contributed by atoms with Gasteiger partial charge in [0.25, 0.3) is 0 Å². The Morgan fingerprint density at radius 1 is 0.943 bits per heavy atom. The highest BCUT2D eigenvalue weighted by molar-refractivity contribution is 5.71. The van der Waals surface area contributed by atoms with Crippen molar-refractivity contribution in [1.82, 2.24) is 9.80 Å². The smallest absolute Gasteiger partial charge is 0.414 e. The van der Waals surface area contributed by atoms with Gasteiger partial charge in [0.15, 0.2) is 5.79 Å². The van der Waals surface area contributed by atoms with E-state index >= 15 is 0 Å². The standard InChI is InChI=1S/C27H30F2N2O4/c1-26(2,3)35-25(32)31-13-12-27(33-14-15-34-27)22-16-30(17-23(22)31)24(18-4-8-20(28)9-5-18)19-6-10-21(29)11-7-19/h4-11,24H,12-17H2,1-3H3. The molecule has 3 heterocycles. The highest BCUT2D eigenvalue weighted by Crippen LogP contribution is 2.45. The second-order valence-electron chi connectivity index (χ2n) is 10.2. The van der Waals surface area contributed by atoms with E-state index in [1.165, 1.54) is 24.3 Å². The number of nitrogens with zero attached hydrogens (tertiary/aromatic N) is 2. The van der Waals surface area contributed by atoms with Crippen LogP contribution in [-0.4, -0.2) is 60.1 Å². The molecule has 8 heteroatoms. The molecular weight excluding hydrogens is 454 g/mol. The minimum Gasteiger partial charge on any atom is -0.443 e. The van der Waals surface area contributed by atoms with Gasteiger partial charge in [-0.3, -0.25) is 9.80 Å². The molecule has 5 rings (SSSR count). The minimum absolute atomic E-state index is 0.291. The normalized spacial score (nSPS) is 20.1. The molecule has 2 aromatic rings. The average molecular weight is 485 g/mol. The molecule has 2 aromatic carbocycles. The van der Waals surface area contributed by atoms with Crippen LogP contribution in [0.25, 0.3) is 0 Å². The number of fused-ring (bicyclic) bond motifs is 1. The van der Waals surface area contributed by atoms with Crippen LogP contribution >= 0.6 is 0 Å². The lowest BCUT2D eigenvalue weighted by atomic mass is 9.95. The van der Waals surface area contributed by atoms with E-state index in [1.54, 1.807) is 29.2 Å². The zero-order chi connectivity index (χ0) is 24.8. The summed E-state index contributed by atoms with van der Waals surface area (Å²) in [7, 11) is 0. The Morgan fingerprint density at radius 2 is 1.49 bits per heavy atom. The van der Waals surface area contributed by atoms with E-state index in [0.29, 0.717) is 39.3 Å². The molecule has 6 nitrogen and oxygen atoms in total. The van der Waals surface area contributed by atoms with Gasteiger partial charge in [-0.1, -0.05) is 24.3 Å². The third-order valence-corrected chi connectivity index (χ3v) is 6.62. The maximum absolute atomic E-state index is 13.7. The molecule has 1 amide bonds. The van der Waals surface area contributed by atoms with E-state index < -0.39 is 17.5 Å². The lowest BCUT2D eigenvalue weighted by molar-refractivity contribution is -0.140. The summed E-state index contributed by atoms with van der Waals surface area (Å²) in [5.41, 5.74) is 2.81. The summed E-state index contributed by atoms with van der Waals surface area (Å²) in [5.74, 6) is -1.51. The van der Waals surface area contributed by atoms with Gasteiger partial charge in [-0.05, 0) is 56.2 Å². The van der Waals surface area contributed by atoms with Crippen LogP contribution in [0.5, 0.6) is 0 Å². The Balaban J connectivity index is 1.52. The molecule has 1 fully saturated rings. The van der Waals surface area contributed by atoms with Crippen molar-refractivity contribution in [3.05, 3.63) is 82.6 Å². The molecule has 0 bridgehead atoms. The van der Waals surface area contributed by atoms with Gasteiger partial charge < -0.3 is 14.2 Å². The van der Waals surface area contributed by atoms with Gasteiger partial charge in [0.2, 0.25) is 0 Å². The molecule has 0 radical (unpaired) electrons. The maximum atomic E-state index is 13.7. The fraction of sp³-hybridized carbons (Fsp3) is 0.444. The molecule has 186 valence electrons. The second kappa shape index (κ2) is 9.00. The topological polar surface area (TPSA) is 51.2 Å². The summed E-state index contributed by atoms with van der Waals surface area (Å²) in [6.45, 7) is 7.83. The monoisotopic (exact) mass is 484 g/mol. The third kappa shape index (κ3) is 4.70. The summed E-state index contributed by atoms with van der Waals surface area (Å²) < 4.78 is 45.4. The first-order valence-electron chi connectivity index (χ1n) is 11.9. The number of hydrogen-bond acceptors (Lipinski definition) is 5. The molecule has 0 unspecified atom stereocenters. The van der Waals surface area contributed by atoms with E-state index in [4.69, 9.17) is 14.2 Å². The summed E-state index contributed by atoms with van der Waals surface area (Å²) in [6, 6.07) is 12.4. The zero-order valence-corrected chi connectivity index (χ0v) is 20.2. The van der Waals surface area contributed by atoms with Gasteiger partial charge in [-0.15, -0.1) is 0 Å². The van der Waals surface area contributed by atoms with Crippen LogP contribution in [-0.2, 0) is 14.2 Å². The number of ether oxygens (including phenoxy) is 3. The quantitative estimate of drug-likeness (QED) is 0.613. The summed E-state index contributed by atoms with van der Waals surface area (Å²) in [5, 5.41) is 0. The predicted molar refractivity (Wildman–Crippen MR) is 125 cm³/mol. The summed E-state index contributed by atoms with van der Waals surface area (Å²) >= 11 is 0. The Bertz CT molecular complexity index is 1070. The van der Waals surface area contributed by atoms with E-state index in [9.17, 15) is 13.6 Å². The van der Waals surface area contributed by atoms with Crippen molar-refractivity contribution in [3.63, 3.8) is 0 Å². The van der Waals surface area contributed by atoms with Crippen LogP contribution < -0.4 is 0 Å². The molecule has 3 aliphatic rings. The van der Waals surface area contributed by atoms with Gasteiger partial charge in [-0.2, -0.15) is 0 Å². The summed E-state index contributed by atoms with van der Waals surface area (Å²) in [4.78, 5) is 17.0. The number of carbonyl (C=O) groups is 1. The SMILES string of the molecule is CC(C)(C)OC(=O)N1CCC2(OCCO2)C2=C1CN(C(c1ccc(F)cc1)c1ccc(F)cc1)C2. The molecule has 0 aliphatic carbocycles. The van der Waals surface area contributed by atoms with E-state index in [1.807, 2.05) is 20.8 Å². The van der Waals surface area contributed by atoms with Crippen LogP contribution in [0.2, 0.25) is 0 Å². The number of benzene rings is 2. The van der Waals surface area contributed by atoms with E-state index in [-0.39, 0.29) is 17.7 Å². The molecule has 1 spiro atoms. The van der Waals surface area contributed by atoms with Gasteiger partial charge in [0, 0.05) is 37.3 Å². The molecule has 0 aromatic heterocycles. The van der Waals surface area contributed by atoms with Crippen molar-refractivity contribution in [1.29, 1.82) is 0 Å². The van der Waals surface area contributed by atoms with Crippen LogP contribution in [0.4, 0.5) is 13.6 Å². The average Bonchev–Trinajstić information content (AvgIpc) is 3.44. The van der Waals surface area contributed by atoms with Crippen LogP contribution in [0.15, 0.2) is 59.8 Å². The lowest BCUT2D eigenvalue weighted by Gasteiger charge is -2.39. The zero-order valence-electron chi connectivity index (χ0n) is 20.2. The molecule has 0 saturated carbocycles. The number of hydrogen-bond donors (Lipinski definition) is 0. The van der Waals surface area contributed by atoms with Crippen molar-refractivity contribution < 1.29 is 27.8 Å². The van der Waals surface area contributed by atoms with Crippen LogP contribution in [0.1, 0.15) is 44.4 Å². The van der Waals surface area contributed by atoms with Crippen molar-refractivity contribution in [2.24, 2.45) is 0 Å². The first-order chi connectivity index (χ1) is 16.7. The Labute approximate surface area is 204 Å². The first-order valence-corrected chi connectivity index (χ1v) is 11.9. The molecule has 3 aliphatic heterocycles. The van der Waals surface area contributed by atoms with E-state index in [2.05, 4.69) is 4.90 Å². The molecule has 0 N–H and O–H groups in total. The Hall–Kier alpha value is -2.81. The number of halogens is 2. The predicted octanol–water partition coefficient (Wildman–Crippen LogP) is 5.01. The molecule has 0 atom stereocenters. The number of amides is 1. The first kappa shape index (κ1) is 23.9. The van der Waals surface area contributed by atoms with Gasteiger partial charge in [-0.25, -0.2) is 13.6 Å². The fourth-order valence-corrected chi connectivity index (χ4v) is 5.15. The molecular formula is C27H30F2N2O4. The van der Waals surface area contributed by atoms with Crippen molar-refractivity contribution in [2.45, 2.75) is 44.6 Å². The van der Waals surface area contributed by atoms with Crippen LogP contribution in [0.3, 0.4) is 0 Å². The minimum atomic E-state index is -0.862. The lowest BCUT2D eigenvalue weighted by Crippen LogP contribution is -2.47. The third-order valence-electron chi connectivity index (χ3n) is 6.62. The van der Waals surface area contributed by atoms with E-state index in [0.717, 1.165) is 22.4 Å². The Morgan fingerprint density at radius 3 is 2.00 bits per heavy atom.